The Hall–Kier alpha value is -2.24. The van der Waals surface area contributed by atoms with Crippen LogP contribution < -0.4 is 9.47 Å². The minimum atomic E-state index is -0.428. The molecule has 0 unspecified atom stereocenters. The number of esters is 1. The molecular weight excluding hydrogens is 450 g/mol. The van der Waals surface area contributed by atoms with Crippen molar-refractivity contribution in [1.29, 1.82) is 0 Å². The number of hydrogen-bond donors (Lipinski definition) is 0. The van der Waals surface area contributed by atoms with Crippen LogP contribution in [0.4, 0.5) is 0 Å². The maximum absolute atomic E-state index is 12.1. The first-order chi connectivity index (χ1) is 16.2. The fraction of sp³-hybridized carbons (Fsp3) is 0.536. The Labute approximate surface area is 208 Å². The number of ether oxygens (including phenoxy) is 3. The number of fused-ring (bicyclic) bond motifs is 2. The highest BCUT2D eigenvalue weighted by Gasteiger charge is 2.43. The number of carbonyl (C=O) groups is 1. The Bertz CT molecular complexity index is 1020. The standard InChI is InChI=1S/C28H36ClNO4/c1-5-20-6-9-24(29)21(16-20)18-32-22-7-8-23-25(17-22)33-19-28(23)11-14-30(15-12-28)13-10-26(31)34-27(2,3)4/h6-9,16-17H,5,10-15,18-19H2,1-4H3. The lowest BCUT2D eigenvalue weighted by Crippen LogP contribution is -2.44. The lowest BCUT2D eigenvalue weighted by atomic mass is 9.74. The molecule has 4 rings (SSSR count). The Morgan fingerprint density at radius 1 is 1.15 bits per heavy atom. The van der Waals surface area contributed by atoms with Gasteiger partial charge in [0.1, 0.15) is 23.7 Å². The van der Waals surface area contributed by atoms with E-state index in [1.54, 1.807) is 0 Å². The number of halogens is 1. The van der Waals surface area contributed by atoms with Gasteiger partial charge < -0.3 is 19.1 Å². The fourth-order valence-electron chi connectivity index (χ4n) is 4.82. The highest BCUT2D eigenvalue weighted by Crippen LogP contribution is 2.46. The minimum Gasteiger partial charge on any atom is -0.492 e. The summed E-state index contributed by atoms with van der Waals surface area (Å²) in [4.78, 5) is 14.4. The summed E-state index contributed by atoms with van der Waals surface area (Å²) < 4.78 is 17.6. The zero-order valence-corrected chi connectivity index (χ0v) is 21.5. The van der Waals surface area contributed by atoms with Crippen LogP contribution in [-0.2, 0) is 28.0 Å². The molecule has 0 bridgehead atoms. The number of aryl methyl sites for hydroxylation is 1. The molecule has 0 amide bonds. The van der Waals surface area contributed by atoms with E-state index in [4.69, 9.17) is 25.8 Å². The van der Waals surface area contributed by atoms with Gasteiger partial charge in [-0.25, -0.2) is 0 Å². The van der Waals surface area contributed by atoms with Gasteiger partial charge in [-0.05, 0) is 70.8 Å². The van der Waals surface area contributed by atoms with E-state index in [-0.39, 0.29) is 11.4 Å². The Morgan fingerprint density at radius 2 is 1.91 bits per heavy atom. The molecule has 0 aliphatic carbocycles. The van der Waals surface area contributed by atoms with E-state index in [9.17, 15) is 4.79 Å². The van der Waals surface area contributed by atoms with Crippen LogP contribution in [0.1, 0.15) is 63.6 Å². The molecule has 2 aliphatic rings. The van der Waals surface area contributed by atoms with E-state index in [2.05, 4.69) is 30.0 Å². The third-order valence-corrected chi connectivity index (χ3v) is 7.18. The number of nitrogens with zero attached hydrogens (tertiary/aromatic N) is 1. The molecule has 5 nitrogen and oxygen atoms in total. The zero-order chi connectivity index (χ0) is 24.3. The van der Waals surface area contributed by atoms with E-state index >= 15 is 0 Å². The third-order valence-electron chi connectivity index (χ3n) is 6.81. The average molecular weight is 486 g/mol. The highest BCUT2D eigenvalue weighted by molar-refractivity contribution is 6.31. The van der Waals surface area contributed by atoms with Crippen molar-refractivity contribution in [2.24, 2.45) is 0 Å². The van der Waals surface area contributed by atoms with Gasteiger partial charge in [0.05, 0.1) is 13.0 Å². The van der Waals surface area contributed by atoms with E-state index in [0.717, 1.165) is 61.0 Å². The predicted molar refractivity (Wildman–Crippen MR) is 135 cm³/mol. The monoisotopic (exact) mass is 485 g/mol. The van der Waals surface area contributed by atoms with Crippen LogP contribution in [0.3, 0.4) is 0 Å². The smallest absolute Gasteiger partial charge is 0.307 e. The van der Waals surface area contributed by atoms with Crippen molar-refractivity contribution in [1.82, 2.24) is 4.90 Å². The van der Waals surface area contributed by atoms with Gasteiger partial charge in [0.15, 0.2) is 0 Å². The first-order valence-electron chi connectivity index (χ1n) is 12.3. The maximum Gasteiger partial charge on any atom is 0.307 e. The average Bonchev–Trinajstić information content (AvgIpc) is 3.14. The zero-order valence-electron chi connectivity index (χ0n) is 20.8. The maximum atomic E-state index is 12.1. The summed E-state index contributed by atoms with van der Waals surface area (Å²) in [6, 6.07) is 12.3. The van der Waals surface area contributed by atoms with Gasteiger partial charge in [-0.1, -0.05) is 36.7 Å². The van der Waals surface area contributed by atoms with Gasteiger partial charge >= 0.3 is 5.97 Å². The van der Waals surface area contributed by atoms with E-state index in [1.807, 2.05) is 39.0 Å². The van der Waals surface area contributed by atoms with Crippen LogP contribution in [0.25, 0.3) is 0 Å². The molecule has 2 aliphatic heterocycles. The minimum absolute atomic E-state index is 0.0506. The number of benzene rings is 2. The molecule has 184 valence electrons. The quantitative estimate of drug-likeness (QED) is 0.454. The summed E-state index contributed by atoms with van der Waals surface area (Å²) in [5.74, 6) is 1.59. The van der Waals surface area contributed by atoms with Gasteiger partial charge in [-0.15, -0.1) is 0 Å². The Morgan fingerprint density at radius 3 is 2.62 bits per heavy atom. The molecule has 1 spiro atoms. The number of likely N-dealkylation sites (tertiary alicyclic amines) is 1. The molecule has 1 fully saturated rings. The van der Waals surface area contributed by atoms with Crippen LogP contribution in [0.2, 0.25) is 5.02 Å². The summed E-state index contributed by atoms with van der Waals surface area (Å²) in [5.41, 5.74) is 3.15. The van der Waals surface area contributed by atoms with E-state index in [0.29, 0.717) is 19.6 Å². The second-order valence-electron chi connectivity index (χ2n) is 10.5. The molecule has 0 N–H and O–H groups in total. The second-order valence-corrected chi connectivity index (χ2v) is 10.9. The van der Waals surface area contributed by atoms with Crippen molar-refractivity contribution >= 4 is 17.6 Å². The predicted octanol–water partition coefficient (Wildman–Crippen LogP) is 5.94. The number of carbonyl (C=O) groups excluding carboxylic acids is 1. The van der Waals surface area contributed by atoms with Crippen molar-refractivity contribution in [3.05, 3.63) is 58.1 Å². The molecule has 0 radical (unpaired) electrons. The normalized spacial score (nSPS) is 17.3. The molecule has 2 heterocycles. The van der Waals surface area contributed by atoms with Crippen molar-refractivity contribution in [2.75, 3.05) is 26.2 Å². The van der Waals surface area contributed by atoms with Gasteiger partial charge in [0.25, 0.3) is 0 Å². The second kappa shape index (κ2) is 10.2. The van der Waals surface area contributed by atoms with Crippen LogP contribution in [-0.4, -0.2) is 42.7 Å². The number of rotatable bonds is 7. The molecule has 0 saturated carbocycles. The Kier molecular flexibility index (Phi) is 7.44. The first kappa shape index (κ1) is 24.9. The lowest BCUT2D eigenvalue weighted by Gasteiger charge is -2.38. The molecular formula is C28H36ClNO4. The van der Waals surface area contributed by atoms with Crippen molar-refractivity contribution in [2.45, 2.75) is 71.0 Å². The lowest BCUT2D eigenvalue weighted by molar-refractivity contribution is -0.155. The van der Waals surface area contributed by atoms with Crippen LogP contribution in [0.5, 0.6) is 11.5 Å². The summed E-state index contributed by atoms with van der Waals surface area (Å²) in [6.07, 6.45) is 3.45. The number of piperidine rings is 1. The molecule has 1 saturated heterocycles. The summed E-state index contributed by atoms with van der Waals surface area (Å²) in [5, 5.41) is 0.729. The molecule has 6 heteroatoms. The largest absolute Gasteiger partial charge is 0.492 e. The van der Waals surface area contributed by atoms with E-state index < -0.39 is 5.60 Å². The van der Waals surface area contributed by atoms with Crippen LogP contribution in [0.15, 0.2) is 36.4 Å². The highest BCUT2D eigenvalue weighted by atomic mass is 35.5. The first-order valence-corrected chi connectivity index (χ1v) is 12.7. The van der Waals surface area contributed by atoms with E-state index in [1.165, 1.54) is 11.1 Å². The molecule has 34 heavy (non-hydrogen) atoms. The summed E-state index contributed by atoms with van der Waals surface area (Å²) >= 11 is 6.36. The van der Waals surface area contributed by atoms with Gasteiger partial charge in [0, 0.05) is 34.2 Å². The van der Waals surface area contributed by atoms with Gasteiger partial charge in [0.2, 0.25) is 0 Å². The topological polar surface area (TPSA) is 48.0 Å². The SMILES string of the molecule is CCc1ccc(Cl)c(COc2ccc3c(c2)OCC32CCN(CCC(=O)OC(C)(C)C)CC2)c1. The van der Waals surface area contributed by atoms with Crippen molar-refractivity contribution < 1.29 is 19.0 Å². The summed E-state index contributed by atoms with van der Waals surface area (Å²) in [6.45, 7) is 11.6. The summed E-state index contributed by atoms with van der Waals surface area (Å²) in [7, 11) is 0. The third kappa shape index (κ3) is 5.87. The fourth-order valence-corrected chi connectivity index (χ4v) is 5.00. The van der Waals surface area contributed by atoms with Gasteiger partial charge in [-0.2, -0.15) is 0 Å². The molecule has 0 aromatic heterocycles. The van der Waals surface area contributed by atoms with Crippen molar-refractivity contribution in [3.63, 3.8) is 0 Å². The van der Waals surface area contributed by atoms with Crippen LogP contribution in [0, 0.1) is 0 Å². The molecule has 2 aromatic carbocycles. The van der Waals surface area contributed by atoms with Crippen molar-refractivity contribution in [3.8, 4) is 11.5 Å². The van der Waals surface area contributed by atoms with Crippen LogP contribution >= 0.6 is 11.6 Å². The molecule has 2 aromatic rings. The molecule has 0 atom stereocenters. The van der Waals surface area contributed by atoms with Gasteiger partial charge in [-0.3, -0.25) is 4.79 Å². The Balaban J connectivity index is 1.33. The number of hydrogen-bond acceptors (Lipinski definition) is 5.